The third-order valence-corrected chi connectivity index (χ3v) is 4.46. The Morgan fingerprint density at radius 1 is 1.56 bits per heavy atom. The van der Waals surface area contributed by atoms with E-state index in [1.165, 1.54) is 24.1 Å². The largest absolute Gasteiger partial charge is 0.505 e. The minimum absolute atomic E-state index is 0.0754. The summed E-state index contributed by atoms with van der Waals surface area (Å²) in [7, 11) is 1.44. The van der Waals surface area contributed by atoms with Gasteiger partial charge in [0.25, 0.3) is 0 Å². The smallest absolute Gasteiger partial charge is 0.247 e. The first kappa shape index (κ1) is 18.6. The molecule has 1 aromatic heterocycles. The zero-order chi connectivity index (χ0) is 19.4. The number of anilines is 1. The number of fused-ring (bicyclic) bond motifs is 1. The number of aliphatic hydroxyl groups excluding tert-OH is 1. The summed E-state index contributed by atoms with van der Waals surface area (Å²) < 4.78 is 18.9. The minimum Gasteiger partial charge on any atom is -0.505 e. The van der Waals surface area contributed by atoms with E-state index in [4.69, 9.17) is 4.74 Å². The number of carbonyl (C=O) groups excluding carboxylic acids is 2. The third-order valence-electron chi connectivity index (χ3n) is 4.46. The number of amides is 2. The number of pyridine rings is 1. The number of halogens is 1. The van der Waals surface area contributed by atoms with E-state index in [1.54, 1.807) is 12.3 Å². The summed E-state index contributed by atoms with van der Waals surface area (Å²) >= 11 is 0. The fraction of sp³-hybridized carbons (Fsp3) is 0.316. The highest BCUT2D eigenvalue weighted by Gasteiger charge is 2.28. The summed E-state index contributed by atoms with van der Waals surface area (Å²) in [5, 5.41) is 12.7. The van der Waals surface area contributed by atoms with E-state index in [2.05, 4.69) is 10.3 Å². The van der Waals surface area contributed by atoms with Gasteiger partial charge in [-0.1, -0.05) is 6.08 Å². The summed E-state index contributed by atoms with van der Waals surface area (Å²) in [6, 6.07) is 0. The summed E-state index contributed by atoms with van der Waals surface area (Å²) in [5.41, 5.74) is 1.17. The third kappa shape index (κ3) is 3.99. The van der Waals surface area contributed by atoms with Crippen molar-refractivity contribution in [1.29, 1.82) is 0 Å². The van der Waals surface area contributed by atoms with E-state index in [-0.39, 0.29) is 23.2 Å². The van der Waals surface area contributed by atoms with Crippen molar-refractivity contribution in [2.75, 3.05) is 25.1 Å². The molecule has 1 unspecified atom stereocenters. The molecule has 1 atom stereocenters. The lowest BCUT2D eigenvalue weighted by molar-refractivity contribution is -0.116. The molecule has 2 amide bonds. The van der Waals surface area contributed by atoms with E-state index in [0.29, 0.717) is 43.8 Å². The van der Waals surface area contributed by atoms with Crippen LogP contribution in [-0.4, -0.2) is 42.6 Å². The van der Waals surface area contributed by atoms with Crippen LogP contribution in [0.1, 0.15) is 17.7 Å². The Hall–Kier alpha value is -3.16. The average Bonchev–Trinajstić information content (AvgIpc) is 2.69. The lowest BCUT2D eigenvalue weighted by Crippen LogP contribution is -2.33. The molecule has 0 fully saturated rings. The number of ether oxygens (including phenoxy) is 1. The Kier molecular flexibility index (Phi) is 5.54. The van der Waals surface area contributed by atoms with Crippen LogP contribution in [0.25, 0.3) is 5.76 Å². The first-order valence-electron chi connectivity index (χ1n) is 8.56. The maximum atomic E-state index is 13.2. The molecule has 0 spiro atoms. The molecule has 27 heavy (non-hydrogen) atoms. The standard InChI is InChI=1S/C19H20FN3O4/c1-21-16(26)9-15(25)17-18-19(27-7-6-23(18)11-24)13(10-22-17)8-12-2-4-14(20)5-3-12/h2,4-5,9-12,25H,3,6-8H2,1H3,(H,21,26)/b15-9-. The predicted octanol–water partition coefficient (Wildman–Crippen LogP) is 2.05. The number of allylic oxidation sites excluding steroid dienone is 4. The highest BCUT2D eigenvalue weighted by molar-refractivity contribution is 5.96. The van der Waals surface area contributed by atoms with Crippen molar-refractivity contribution in [3.05, 3.63) is 47.6 Å². The quantitative estimate of drug-likeness (QED) is 0.468. The van der Waals surface area contributed by atoms with Crippen LogP contribution in [0.2, 0.25) is 0 Å². The SMILES string of the molecule is CNC(=O)/C=C(\O)c1ncc(CC2C=CC(F)=CC2)c2c1N(C=O)CCO2. The normalized spacial score (nSPS) is 19.0. The molecule has 1 aromatic rings. The molecule has 2 aliphatic rings. The summed E-state index contributed by atoms with van der Waals surface area (Å²) in [6.45, 7) is 0.607. The Morgan fingerprint density at radius 3 is 3.04 bits per heavy atom. The molecule has 8 heteroatoms. The first-order chi connectivity index (χ1) is 13.0. The number of aromatic nitrogens is 1. The molecule has 2 N–H and O–H groups in total. The minimum atomic E-state index is -0.498. The molecule has 0 saturated heterocycles. The average molecular weight is 373 g/mol. The molecule has 3 rings (SSSR count). The maximum absolute atomic E-state index is 13.2. The van der Waals surface area contributed by atoms with Crippen molar-refractivity contribution in [3.63, 3.8) is 0 Å². The number of nitrogens with one attached hydrogen (secondary N) is 1. The van der Waals surface area contributed by atoms with Gasteiger partial charge in [-0.15, -0.1) is 0 Å². The highest BCUT2D eigenvalue weighted by atomic mass is 19.1. The number of nitrogens with zero attached hydrogens (tertiary/aromatic N) is 2. The van der Waals surface area contributed by atoms with Gasteiger partial charge in [-0.2, -0.15) is 0 Å². The van der Waals surface area contributed by atoms with E-state index >= 15 is 0 Å². The molecule has 142 valence electrons. The van der Waals surface area contributed by atoms with Gasteiger partial charge in [-0.25, -0.2) is 4.39 Å². The van der Waals surface area contributed by atoms with Gasteiger partial charge in [0.1, 0.15) is 35.3 Å². The van der Waals surface area contributed by atoms with Crippen LogP contribution in [-0.2, 0) is 16.0 Å². The molecule has 2 heterocycles. The van der Waals surface area contributed by atoms with Crippen molar-refractivity contribution >= 4 is 23.8 Å². The Labute approximate surface area is 155 Å². The second-order valence-corrected chi connectivity index (χ2v) is 6.25. The van der Waals surface area contributed by atoms with Crippen LogP contribution in [0, 0.1) is 5.92 Å². The lowest BCUT2D eigenvalue weighted by atomic mass is 9.92. The molecule has 7 nitrogen and oxygen atoms in total. The number of likely N-dealkylation sites (N-methyl/N-ethyl adjacent to an activating group) is 1. The van der Waals surface area contributed by atoms with E-state index in [0.717, 1.165) is 11.6 Å². The molecule has 0 bridgehead atoms. The number of hydrogen-bond donors (Lipinski definition) is 2. The van der Waals surface area contributed by atoms with Gasteiger partial charge in [-0.05, 0) is 30.9 Å². The maximum Gasteiger partial charge on any atom is 0.247 e. The zero-order valence-corrected chi connectivity index (χ0v) is 14.8. The summed E-state index contributed by atoms with van der Waals surface area (Å²) in [5.74, 6) is -0.598. The van der Waals surface area contributed by atoms with Gasteiger partial charge < -0.3 is 20.1 Å². The van der Waals surface area contributed by atoms with Crippen molar-refractivity contribution in [3.8, 4) is 5.75 Å². The van der Waals surface area contributed by atoms with Crippen LogP contribution in [0.15, 0.2) is 36.3 Å². The van der Waals surface area contributed by atoms with Gasteiger partial charge in [0, 0.05) is 24.9 Å². The van der Waals surface area contributed by atoms with Crippen LogP contribution in [0.5, 0.6) is 5.75 Å². The van der Waals surface area contributed by atoms with Gasteiger partial charge in [0.2, 0.25) is 12.3 Å². The summed E-state index contributed by atoms with van der Waals surface area (Å²) in [6.07, 6.45) is 9.03. The second kappa shape index (κ2) is 8.03. The van der Waals surface area contributed by atoms with E-state index in [1.807, 2.05) is 0 Å². The van der Waals surface area contributed by atoms with Crippen LogP contribution < -0.4 is 15.0 Å². The lowest BCUT2D eigenvalue weighted by Gasteiger charge is -2.30. The molecule has 1 aliphatic carbocycles. The van der Waals surface area contributed by atoms with Gasteiger partial charge in [0.05, 0.1) is 6.54 Å². The molecular weight excluding hydrogens is 353 g/mol. The Bertz CT molecular complexity index is 848. The number of rotatable bonds is 5. The molecule has 1 aliphatic heterocycles. The number of carbonyl (C=O) groups is 2. The number of aliphatic hydroxyl groups is 1. The zero-order valence-electron chi connectivity index (χ0n) is 14.8. The summed E-state index contributed by atoms with van der Waals surface area (Å²) in [4.78, 5) is 28.7. The van der Waals surface area contributed by atoms with Crippen molar-refractivity contribution in [1.82, 2.24) is 10.3 Å². The van der Waals surface area contributed by atoms with Crippen molar-refractivity contribution < 1.29 is 23.8 Å². The van der Waals surface area contributed by atoms with Crippen LogP contribution in [0.4, 0.5) is 10.1 Å². The molecular formula is C19H20FN3O4. The van der Waals surface area contributed by atoms with E-state index in [9.17, 15) is 19.1 Å². The molecule has 0 radical (unpaired) electrons. The topological polar surface area (TPSA) is 91.8 Å². The predicted molar refractivity (Wildman–Crippen MR) is 98.0 cm³/mol. The van der Waals surface area contributed by atoms with Crippen molar-refractivity contribution in [2.45, 2.75) is 12.8 Å². The van der Waals surface area contributed by atoms with Crippen molar-refractivity contribution in [2.24, 2.45) is 5.92 Å². The first-order valence-corrected chi connectivity index (χ1v) is 8.56. The molecule has 0 aromatic carbocycles. The van der Waals surface area contributed by atoms with Gasteiger partial charge in [0.15, 0.2) is 0 Å². The highest BCUT2D eigenvalue weighted by Crippen LogP contribution is 2.40. The second-order valence-electron chi connectivity index (χ2n) is 6.25. The fourth-order valence-electron chi connectivity index (χ4n) is 3.08. The fourth-order valence-corrected chi connectivity index (χ4v) is 3.08. The monoisotopic (exact) mass is 373 g/mol. The Morgan fingerprint density at radius 2 is 2.37 bits per heavy atom. The van der Waals surface area contributed by atoms with Crippen LogP contribution in [0.3, 0.4) is 0 Å². The number of hydrogen-bond acceptors (Lipinski definition) is 5. The molecule has 0 saturated carbocycles. The Balaban J connectivity index is 2.00. The van der Waals surface area contributed by atoms with Gasteiger partial charge in [-0.3, -0.25) is 14.6 Å². The van der Waals surface area contributed by atoms with Crippen LogP contribution >= 0.6 is 0 Å². The van der Waals surface area contributed by atoms with E-state index < -0.39 is 5.91 Å². The van der Waals surface area contributed by atoms with Gasteiger partial charge >= 0.3 is 0 Å².